The summed E-state index contributed by atoms with van der Waals surface area (Å²) in [7, 11) is 0. The lowest BCUT2D eigenvalue weighted by atomic mass is 10.1. The highest BCUT2D eigenvalue weighted by Gasteiger charge is 2.11. The molecule has 8 heteroatoms. The Morgan fingerprint density at radius 1 is 0.879 bits per heavy atom. The van der Waals surface area contributed by atoms with E-state index in [9.17, 15) is 4.79 Å². The van der Waals surface area contributed by atoms with Crippen LogP contribution in [0, 0.1) is 0 Å². The Hall–Kier alpha value is -4.85. The van der Waals surface area contributed by atoms with E-state index in [0.29, 0.717) is 17.2 Å². The fourth-order valence-electron chi connectivity index (χ4n) is 3.78. The average Bonchev–Trinajstić information content (AvgIpc) is 3.50. The largest absolute Gasteiger partial charge is 0.340 e. The molecule has 0 bridgehead atoms. The number of H-pyrrole nitrogens is 1. The molecule has 0 saturated heterocycles. The van der Waals surface area contributed by atoms with Gasteiger partial charge in [-0.3, -0.25) is 19.4 Å². The van der Waals surface area contributed by atoms with Crippen molar-refractivity contribution in [3.63, 3.8) is 0 Å². The predicted molar refractivity (Wildman–Crippen MR) is 126 cm³/mol. The van der Waals surface area contributed by atoms with E-state index in [1.54, 1.807) is 41.5 Å². The summed E-state index contributed by atoms with van der Waals surface area (Å²) in [6, 6.07) is 17.1. The van der Waals surface area contributed by atoms with E-state index in [2.05, 4.69) is 30.5 Å². The number of fused-ring (bicyclic) bond motifs is 2. The Kier molecular flexibility index (Phi) is 4.40. The summed E-state index contributed by atoms with van der Waals surface area (Å²) in [6.07, 6.45) is 10.4. The van der Waals surface area contributed by atoms with Gasteiger partial charge in [-0.05, 0) is 47.9 Å². The zero-order valence-electron chi connectivity index (χ0n) is 17.3. The van der Waals surface area contributed by atoms with Gasteiger partial charge in [0, 0.05) is 58.6 Å². The Morgan fingerprint density at radius 3 is 2.67 bits per heavy atom. The van der Waals surface area contributed by atoms with Crippen LogP contribution in [0.1, 0.15) is 10.4 Å². The highest BCUT2D eigenvalue weighted by Crippen LogP contribution is 2.25. The summed E-state index contributed by atoms with van der Waals surface area (Å²) in [5, 5.41) is 13.2. The second-order valence-electron chi connectivity index (χ2n) is 7.61. The van der Waals surface area contributed by atoms with E-state index in [0.717, 1.165) is 32.9 Å². The molecule has 0 atom stereocenters. The number of nitrogens with one attached hydrogen (secondary N) is 2. The van der Waals surface area contributed by atoms with Gasteiger partial charge >= 0.3 is 0 Å². The molecular formula is C25H17N7O. The number of hydrogen-bond acceptors (Lipinski definition) is 6. The fraction of sp³-hybridized carbons (Fsp3) is 0. The second-order valence-corrected chi connectivity index (χ2v) is 7.61. The molecule has 6 aromatic rings. The van der Waals surface area contributed by atoms with Crippen LogP contribution in [-0.2, 0) is 0 Å². The van der Waals surface area contributed by atoms with Crippen molar-refractivity contribution in [2.75, 3.05) is 5.32 Å². The Bertz CT molecular complexity index is 1620. The molecule has 0 amide bonds. The zero-order chi connectivity index (χ0) is 22.2. The van der Waals surface area contributed by atoms with Crippen molar-refractivity contribution in [3.8, 4) is 11.4 Å². The Morgan fingerprint density at radius 2 is 1.76 bits per heavy atom. The summed E-state index contributed by atoms with van der Waals surface area (Å²) in [5.74, 6) is 1.18. The predicted octanol–water partition coefficient (Wildman–Crippen LogP) is 4.80. The first-order chi connectivity index (χ1) is 16.2. The third kappa shape index (κ3) is 3.59. The third-order valence-corrected chi connectivity index (χ3v) is 5.43. The van der Waals surface area contributed by atoms with Gasteiger partial charge in [0.15, 0.2) is 5.82 Å². The molecule has 0 fully saturated rings. The smallest absolute Gasteiger partial charge is 0.261 e. The van der Waals surface area contributed by atoms with Crippen molar-refractivity contribution in [1.29, 1.82) is 0 Å². The van der Waals surface area contributed by atoms with Crippen molar-refractivity contribution in [2.24, 2.45) is 0 Å². The highest BCUT2D eigenvalue weighted by molar-refractivity contribution is 5.99. The number of carbonyl (C=O) groups excluding carboxylic acids is 1. The van der Waals surface area contributed by atoms with E-state index in [1.807, 2.05) is 54.9 Å². The van der Waals surface area contributed by atoms with Crippen molar-refractivity contribution >= 4 is 39.1 Å². The summed E-state index contributed by atoms with van der Waals surface area (Å²) in [6.45, 7) is 0. The maximum Gasteiger partial charge on any atom is 0.261 e. The number of aromatic amines is 1. The molecule has 8 nitrogen and oxygen atoms in total. The number of rotatable bonds is 4. The van der Waals surface area contributed by atoms with E-state index in [-0.39, 0.29) is 5.91 Å². The van der Waals surface area contributed by atoms with Gasteiger partial charge in [0.2, 0.25) is 0 Å². The van der Waals surface area contributed by atoms with Crippen LogP contribution in [0.15, 0.2) is 91.8 Å². The highest BCUT2D eigenvalue weighted by atomic mass is 16.2. The van der Waals surface area contributed by atoms with Gasteiger partial charge in [0.05, 0.1) is 11.7 Å². The molecular weight excluding hydrogens is 414 g/mol. The lowest BCUT2D eigenvalue weighted by Gasteiger charge is -2.07. The fourth-order valence-corrected chi connectivity index (χ4v) is 3.78. The van der Waals surface area contributed by atoms with Gasteiger partial charge < -0.3 is 5.32 Å². The molecule has 6 rings (SSSR count). The van der Waals surface area contributed by atoms with Crippen LogP contribution in [-0.4, -0.2) is 35.6 Å². The minimum atomic E-state index is -0.104. The molecule has 0 aliphatic rings. The molecule has 33 heavy (non-hydrogen) atoms. The van der Waals surface area contributed by atoms with Crippen LogP contribution in [0.5, 0.6) is 0 Å². The first-order valence-electron chi connectivity index (χ1n) is 10.3. The minimum Gasteiger partial charge on any atom is -0.340 e. The molecule has 0 radical (unpaired) electrons. The summed E-state index contributed by atoms with van der Waals surface area (Å²) in [4.78, 5) is 25.8. The average molecular weight is 431 g/mol. The molecule has 4 heterocycles. The number of benzene rings is 2. The van der Waals surface area contributed by atoms with Crippen LogP contribution in [0.4, 0.5) is 11.5 Å². The van der Waals surface area contributed by atoms with E-state index < -0.39 is 0 Å². The van der Waals surface area contributed by atoms with Crippen LogP contribution in [0.3, 0.4) is 0 Å². The van der Waals surface area contributed by atoms with Crippen molar-refractivity contribution in [2.45, 2.75) is 0 Å². The number of anilines is 2. The summed E-state index contributed by atoms with van der Waals surface area (Å²) < 4.78 is 1.59. The molecule has 4 aromatic heterocycles. The molecule has 158 valence electrons. The van der Waals surface area contributed by atoms with Crippen molar-refractivity contribution < 1.29 is 4.79 Å². The number of carbonyl (C=O) groups is 1. The molecule has 0 spiro atoms. The standard InChI is InChI=1S/C25H17N7O/c33-25(16-5-8-26-9-6-16)32-14-18-2-1-17(11-20(18)15-32)24-27-10-7-23(30-24)29-21-3-4-22-19(12-21)13-28-31-22/h1-15H,(H,28,31)(H,27,29,30). The number of hydrogen-bond donors (Lipinski definition) is 2. The van der Waals surface area contributed by atoms with E-state index in [1.165, 1.54) is 0 Å². The normalized spacial score (nSPS) is 11.2. The first kappa shape index (κ1) is 18.9. The minimum absolute atomic E-state index is 0.104. The lowest BCUT2D eigenvalue weighted by molar-refractivity contribution is 0.0960. The Labute approximate surface area is 188 Å². The van der Waals surface area contributed by atoms with Gasteiger partial charge in [-0.1, -0.05) is 12.1 Å². The molecule has 2 N–H and O–H groups in total. The topological polar surface area (TPSA) is 101 Å². The number of pyridine rings is 1. The van der Waals surface area contributed by atoms with Crippen LogP contribution in [0.25, 0.3) is 33.1 Å². The van der Waals surface area contributed by atoms with Gasteiger partial charge in [-0.25, -0.2) is 9.97 Å². The quantitative estimate of drug-likeness (QED) is 0.416. The third-order valence-electron chi connectivity index (χ3n) is 5.43. The van der Waals surface area contributed by atoms with E-state index in [4.69, 9.17) is 0 Å². The van der Waals surface area contributed by atoms with Crippen LogP contribution < -0.4 is 5.32 Å². The molecule has 0 saturated carbocycles. The van der Waals surface area contributed by atoms with Gasteiger partial charge in [-0.15, -0.1) is 0 Å². The van der Waals surface area contributed by atoms with Crippen molar-refractivity contribution in [1.82, 2.24) is 29.7 Å². The van der Waals surface area contributed by atoms with Gasteiger partial charge in [-0.2, -0.15) is 5.10 Å². The van der Waals surface area contributed by atoms with E-state index >= 15 is 0 Å². The SMILES string of the molecule is O=C(c1ccncc1)n1cc2ccc(-c3nccc(Nc4ccc5[nH]ncc5c4)n3)cc2c1. The number of nitrogens with zero attached hydrogens (tertiary/aromatic N) is 5. The first-order valence-corrected chi connectivity index (χ1v) is 10.3. The zero-order valence-corrected chi connectivity index (χ0v) is 17.3. The molecule has 0 aliphatic carbocycles. The molecule has 0 aliphatic heterocycles. The van der Waals surface area contributed by atoms with Crippen molar-refractivity contribution in [3.05, 3.63) is 97.3 Å². The lowest BCUT2D eigenvalue weighted by Crippen LogP contribution is -2.09. The van der Waals surface area contributed by atoms with Gasteiger partial charge in [0.1, 0.15) is 5.82 Å². The van der Waals surface area contributed by atoms with Gasteiger partial charge in [0.25, 0.3) is 5.91 Å². The maximum atomic E-state index is 12.7. The maximum absolute atomic E-state index is 12.7. The monoisotopic (exact) mass is 431 g/mol. The van der Waals surface area contributed by atoms with Crippen LogP contribution in [0.2, 0.25) is 0 Å². The number of aromatic nitrogens is 6. The summed E-state index contributed by atoms with van der Waals surface area (Å²) >= 11 is 0. The second kappa shape index (κ2) is 7.69. The molecule has 2 aromatic carbocycles. The molecule has 0 unspecified atom stereocenters. The van der Waals surface area contributed by atoms with Crippen LogP contribution >= 0.6 is 0 Å². The Balaban J connectivity index is 1.30. The summed E-state index contributed by atoms with van der Waals surface area (Å²) in [5.41, 5.74) is 3.34.